The Balaban J connectivity index is 2.76. The van der Waals surface area contributed by atoms with E-state index in [2.05, 4.69) is 43.7 Å². The second kappa shape index (κ2) is 5.94. The predicted molar refractivity (Wildman–Crippen MR) is 68.2 cm³/mol. The molecule has 0 unspecified atom stereocenters. The van der Waals surface area contributed by atoms with Crippen LogP contribution in [-0.2, 0) is 4.74 Å². The maximum absolute atomic E-state index is 5.45. The van der Waals surface area contributed by atoms with Gasteiger partial charge in [0.05, 0.1) is 12.8 Å². The Labute approximate surface area is 99.4 Å². The summed E-state index contributed by atoms with van der Waals surface area (Å²) in [5.74, 6) is 0.990. The van der Waals surface area contributed by atoms with Gasteiger partial charge in [0.25, 0.3) is 0 Å². The summed E-state index contributed by atoms with van der Waals surface area (Å²) in [6.07, 6.45) is 2.10. The summed E-state index contributed by atoms with van der Waals surface area (Å²) >= 11 is 0. The molecule has 0 bridgehead atoms. The average Bonchev–Trinajstić information content (AvgIpc) is 2.25. The quantitative estimate of drug-likeness (QED) is 0.539. The number of likely N-dealkylation sites (N-methyl/N-ethyl adjacent to an activating group) is 1. The standard InChI is InChI=1S/C13H24N2O/c1-11(2)10-13(16-5)12(3)15-8-6-14(4)7-9-15/h10H,6-9H2,1-5H3/b13-12-. The molecule has 92 valence electrons. The molecule has 0 radical (unpaired) electrons. The number of methoxy groups -OCH3 is 1. The fraction of sp³-hybridized carbons (Fsp3) is 0.692. The van der Waals surface area contributed by atoms with Crippen LogP contribution in [-0.4, -0.2) is 50.1 Å². The summed E-state index contributed by atoms with van der Waals surface area (Å²) in [7, 11) is 3.91. The molecule has 3 heteroatoms. The molecule has 1 fully saturated rings. The zero-order chi connectivity index (χ0) is 12.1. The fourth-order valence-electron chi connectivity index (χ4n) is 1.87. The van der Waals surface area contributed by atoms with E-state index < -0.39 is 0 Å². The molecule has 0 aromatic carbocycles. The highest BCUT2D eigenvalue weighted by Gasteiger charge is 2.16. The highest BCUT2D eigenvalue weighted by Crippen LogP contribution is 2.15. The Morgan fingerprint density at radius 1 is 1.06 bits per heavy atom. The summed E-state index contributed by atoms with van der Waals surface area (Å²) in [5, 5.41) is 0. The molecule has 0 saturated carbocycles. The van der Waals surface area contributed by atoms with E-state index in [4.69, 9.17) is 4.74 Å². The molecule has 1 rings (SSSR count). The van der Waals surface area contributed by atoms with Gasteiger partial charge in [0, 0.05) is 26.2 Å². The first-order valence-corrected chi connectivity index (χ1v) is 5.88. The van der Waals surface area contributed by atoms with Crippen molar-refractivity contribution >= 4 is 0 Å². The number of allylic oxidation sites excluding steroid dienone is 3. The van der Waals surface area contributed by atoms with Gasteiger partial charge in [-0.15, -0.1) is 0 Å². The van der Waals surface area contributed by atoms with Crippen molar-refractivity contribution in [2.45, 2.75) is 20.8 Å². The topological polar surface area (TPSA) is 15.7 Å². The van der Waals surface area contributed by atoms with Crippen LogP contribution < -0.4 is 0 Å². The molecule has 16 heavy (non-hydrogen) atoms. The summed E-state index contributed by atoms with van der Waals surface area (Å²) in [4.78, 5) is 4.76. The maximum atomic E-state index is 5.45. The number of piperazine rings is 1. The number of hydrogen-bond donors (Lipinski definition) is 0. The molecule has 0 spiro atoms. The van der Waals surface area contributed by atoms with Gasteiger partial charge < -0.3 is 14.5 Å². The maximum Gasteiger partial charge on any atom is 0.137 e. The lowest BCUT2D eigenvalue weighted by atomic mass is 10.2. The van der Waals surface area contributed by atoms with Gasteiger partial charge >= 0.3 is 0 Å². The Morgan fingerprint density at radius 2 is 1.62 bits per heavy atom. The third-order valence-corrected chi connectivity index (χ3v) is 2.97. The van der Waals surface area contributed by atoms with Crippen LogP contribution in [0, 0.1) is 0 Å². The Bertz CT molecular complexity index is 282. The van der Waals surface area contributed by atoms with E-state index in [1.807, 2.05) is 0 Å². The van der Waals surface area contributed by atoms with E-state index in [-0.39, 0.29) is 0 Å². The number of rotatable bonds is 3. The minimum absolute atomic E-state index is 0.990. The third-order valence-electron chi connectivity index (χ3n) is 2.97. The minimum Gasteiger partial charge on any atom is -0.495 e. The Hall–Kier alpha value is -0.960. The van der Waals surface area contributed by atoms with Gasteiger partial charge in [-0.2, -0.15) is 0 Å². The van der Waals surface area contributed by atoms with Crippen molar-refractivity contribution in [2.24, 2.45) is 0 Å². The van der Waals surface area contributed by atoms with Gasteiger partial charge in [-0.3, -0.25) is 0 Å². The monoisotopic (exact) mass is 224 g/mol. The first-order chi connectivity index (χ1) is 7.54. The number of nitrogens with zero attached hydrogens (tertiary/aromatic N) is 2. The molecular formula is C13H24N2O. The van der Waals surface area contributed by atoms with Crippen LogP contribution in [0.5, 0.6) is 0 Å². The van der Waals surface area contributed by atoms with Crippen LogP contribution in [0.4, 0.5) is 0 Å². The molecule has 1 saturated heterocycles. The van der Waals surface area contributed by atoms with E-state index in [0.29, 0.717) is 0 Å². The molecule has 0 aromatic rings. The van der Waals surface area contributed by atoms with Crippen molar-refractivity contribution in [3.8, 4) is 0 Å². The van der Waals surface area contributed by atoms with Crippen LogP contribution in [0.2, 0.25) is 0 Å². The van der Waals surface area contributed by atoms with Crippen LogP contribution in [0.1, 0.15) is 20.8 Å². The zero-order valence-electron chi connectivity index (χ0n) is 11.2. The van der Waals surface area contributed by atoms with Crippen LogP contribution in [0.15, 0.2) is 23.1 Å². The molecule has 1 aliphatic rings. The van der Waals surface area contributed by atoms with Gasteiger partial charge in [-0.1, -0.05) is 5.57 Å². The summed E-state index contributed by atoms with van der Waals surface area (Å²) in [5.41, 5.74) is 2.52. The summed E-state index contributed by atoms with van der Waals surface area (Å²) < 4.78 is 5.45. The van der Waals surface area contributed by atoms with Gasteiger partial charge in [-0.05, 0) is 33.9 Å². The van der Waals surface area contributed by atoms with Gasteiger partial charge in [0.15, 0.2) is 0 Å². The first-order valence-electron chi connectivity index (χ1n) is 5.88. The van der Waals surface area contributed by atoms with Crippen molar-refractivity contribution < 1.29 is 4.74 Å². The van der Waals surface area contributed by atoms with Gasteiger partial charge in [0.1, 0.15) is 5.76 Å². The lowest BCUT2D eigenvalue weighted by Gasteiger charge is -2.35. The molecule has 0 amide bonds. The average molecular weight is 224 g/mol. The van der Waals surface area contributed by atoms with Crippen molar-refractivity contribution in [1.82, 2.24) is 9.80 Å². The van der Waals surface area contributed by atoms with Crippen LogP contribution in [0.25, 0.3) is 0 Å². The van der Waals surface area contributed by atoms with Crippen LogP contribution in [0.3, 0.4) is 0 Å². The lowest BCUT2D eigenvalue weighted by Crippen LogP contribution is -2.43. The normalized spacial score (nSPS) is 19.2. The van der Waals surface area contributed by atoms with E-state index >= 15 is 0 Å². The lowest BCUT2D eigenvalue weighted by molar-refractivity contribution is 0.176. The molecule has 0 atom stereocenters. The molecular weight excluding hydrogens is 200 g/mol. The molecule has 3 nitrogen and oxygen atoms in total. The number of hydrogen-bond acceptors (Lipinski definition) is 3. The summed E-state index contributed by atoms with van der Waals surface area (Å²) in [6, 6.07) is 0. The molecule has 0 N–H and O–H groups in total. The van der Waals surface area contributed by atoms with E-state index in [9.17, 15) is 0 Å². The second-order valence-corrected chi connectivity index (χ2v) is 4.67. The van der Waals surface area contributed by atoms with Crippen molar-refractivity contribution in [3.63, 3.8) is 0 Å². The third kappa shape index (κ3) is 3.56. The highest BCUT2D eigenvalue weighted by atomic mass is 16.5. The minimum atomic E-state index is 0.990. The summed E-state index contributed by atoms with van der Waals surface area (Å²) in [6.45, 7) is 10.8. The van der Waals surface area contributed by atoms with Gasteiger partial charge in [0.2, 0.25) is 0 Å². The molecule has 0 aliphatic carbocycles. The van der Waals surface area contributed by atoms with Crippen molar-refractivity contribution in [3.05, 3.63) is 23.1 Å². The van der Waals surface area contributed by atoms with E-state index in [1.165, 1.54) is 11.3 Å². The largest absolute Gasteiger partial charge is 0.495 e. The second-order valence-electron chi connectivity index (χ2n) is 4.67. The van der Waals surface area contributed by atoms with Crippen molar-refractivity contribution in [1.29, 1.82) is 0 Å². The predicted octanol–water partition coefficient (Wildman–Crippen LogP) is 2.08. The zero-order valence-corrected chi connectivity index (χ0v) is 11.2. The smallest absolute Gasteiger partial charge is 0.137 e. The number of ether oxygens (including phenoxy) is 1. The SMILES string of the molecule is CO/C(C=C(C)C)=C(/C)N1CCN(C)CC1. The molecule has 0 aromatic heterocycles. The Morgan fingerprint density at radius 3 is 2.06 bits per heavy atom. The van der Waals surface area contributed by atoms with Gasteiger partial charge in [-0.25, -0.2) is 0 Å². The van der Waals surface area contributed by atoms with E-state index in [1.54, 1.807) is 7.11 Å². The fourth-order valence-corrected chi connectivity index (χ4v) is 1.87. The first kappa shape index (κ1) is 13.1. The molecule has 1 aliphatic heterocycles. The molecule has 1 heterocycles. The van der Waals surface area contributed by atoms with E-state index in [0.717, 1.165) is 31.9 Å². The highest BCUT2D eigenvalue weighted by molar-refractivity contribution is 5.21. The van der Waals surface area contributed by atoms with Crippen LogP contribution >= 0.6 is 0 Å². The van der Waals surface area contributed by atoms with Crippen molar-refractivity contribution in [2.75, 3.05) is 40.3 Å². The Kier molecular flexibility index (Phi) is 4.87.